The molecule has 2 amide bonds. The summed E-state index contributed by atoms with van der Waals surface area (Å²) in [7, 11) is 0. The Bertz CT molecular complexity index is 893. The molecule has 1 fully saturated rings. The van der Waals surface area contributed by atoms with Gasteiger partial charge in [0.2, 0.25) is 0 Å². The van der Waals surface area contributed by atoms with Crippen LogP contribution >= 0.6 is 15.9 Å². The summed E-state index contributed by atoms with van der Waals surface area (Å²) in [5.41, 5.74) is 3.47. The fourth-order valence-corrected chi connectivity index (χ4v) is 2.73. The first kappa shape index (κ1) is 16.9. The molecule has 1 N–H and O–H groups in total. The van der Waals surface area contributed by atoms with Gasteiger partial charge in [-0.3, -0.25) is 19.8 Å². The predicted octanol–water partition coefficient (Wildman–Crippen LogP) is 2.84. The summed E-state index contributed by atoms with van der Waals surface area (Å²) in [6.45, 7) is 1.28. The van der Waals surface area contributed by atoms with Gasteiger partial charge in [-0.25, -0.2) is 5.01 Å². The monoisotopic (exact) mass is 400 g/mol. The molecule has 7 heteroatoms. The average Bonchev–Trinajstić information content (AvgIpc) is 2.86. The Balaban J connectivity index is 1.99. The summed E-state index contributed by atoms with van der Waals surface area (Å²) in [5.74, 6) is -1.23. The molecule has 2 aromatic rings. The van der Waals surface area contributed by atoms with Gasteiger partial charge in [-0.1, -0.05) is 34.1 Å². The van der Waals surface area contributed by atoms with Crippen molar-refractivity contribution in [3.8, 4) is 5.75 Å². The van der Waals surface area contributed by atoms with E-state index < -0.39 is 17.8 Å². The minimum Gasteiger partial charge on any atom is -0.426 e. The number of hydrazine groups is 1. The van der Waals surface area contributed by atoms with Crippen molar-refractivity contribution >= 4 is 45.5 Å². The number of rotatable bonds is 3. The quantitative estimate of drug-likeness (QED) is 0.372. The summed E-state index contributed by atoms with van der Waals surface area (Å²) in [4.78, 5) is 36.1. The van der Waals surface area contributed by atoms with E-state index in [1.54, 1.807) is 42.5 Å². The molecule has 0 aliphatic carbocycles. The van der Waals surface area contributed by atoms with E-state index in [9.17, 15) is 14.4 Å². The van der Waals surface area contributed by atoms with E-state index in [1.165, 1.54) is 18.0 Å². The van der Waals surface area contributed by atoms with E-state index in [0.29, 0.717) is 11.3 Å². The van der Waals surface area contributed by atoms with Crippen molar-refractivity contribution in [3.05, 3.63) is 64.1 Å². The SMILES string of the molecule is CC(=O)Oc1ccc(Br)cc1/C=C1/C(=O)NN(c2ccccc2)C1=O. The van der Waals surface area contributed by atoms with Crippen molar-refractivity contribution < 1.29 is 19.1 Å². The van der Waals surface area contributed by atoms with Crippen molar-refractivity contribution in [2.24, 2.45) is 0 Å². The number of nitrogens with one attached hydrogen (secondary N) is 1. The van der Waals surface area contributed by atoms with Crippen LogP contribution in [0.2, 0.25) is 0 Å². The Labute approximate surface area is 152 Å². The number of hydrogen-bond acceptors (Lipinski definition) is 4. The second-order valence-electron chi connectivity index (χ2n) is 5.25. The molecule has 0 bridgehead atoms. The van der Waals surface area contributed by atoms with Crippen LogP contribution in [0, 0.1) is 0 Å². The van der Waals surface area contributed by atoms with Gasteiger partial charge in [-0.05, 0) is 36.4 Å². The number of esters is 1. The third-order valence-electron chi connectivity index (χ3n) is 3.43. The van der Waals surface area contributed by atoms with E-state index in [0.717, 1.165) is 4.47 Å². The van der Waals surface area contributed by atoms with Crippen molar-refractivity contribution in [2.45, 2.75) is 6.92 Å². The molecule has 0 radical (unpaired) electrons. The average molecular weight is 401 g/mol. The maximum absolute atomic E-state index is 12.6. The van der Waals surface area contributed by atoms with Crippen molar-refractivity contribution in [2.75, 3.05) is 5.01 Å². The van der Waals surface area contributed by atoms with Gasteiger partial charge in [0.15, 0.2) is 0 Å². The maximum atomic E-state index is 12.6. The number of para-hydroxylation sites is 1. The number of anilines is 1. The number of halogens is 1. The summed E-state index contributed by atoms with van der Waals surface area (Å²) in [5, 5.41) is 1.18. The lowest BCUT2D eigenvalue weighted by Crippen LogP contribution is -2.35. The van der Waals surface area contributed by atoms with Crippen molar-refractivity contribution in [1.82, 2.24) is 5.43 Å². The van der Waals surface area contributed by atoms with Crippen LogP contribution in [-0.2, 0) is 14.4 Å². The van der Waals surface area contributed by atoms with Gasteiger partial charge in [-0.2, -0.15) is 0 Å². The number of carbonyl (C=O) groups is 3. The maximum Gasteiger partial charge on any atom is 0.308 e. The molecule has 1 aliphatic rings. The van der Waals surface area contributed by atoms with Crippen LogP contribution < -0.4 is 15.2 Å². The molecule has 0 atom stereocenters. The Hall–Kier alpha value is -2.93. The summed E-state index contributed by atoms with van der Waals surface area (Å²) in [6, 6.07) is 13.7. The van der Waals surface area contributed by atoms with Crippen LogP contribution in [0.4, 0.5) is 5.69 Å². The summed E-state index contributed by atoms with van der Waals surface area (Å²) in [6.07, 6.45) is 1.41. The molecule has 2 aromatic carbocycles. The normalized spacial score (nSPS) is 15.4. The standard InChI is InChI=1S/C18H13BrN2O4/c1-11(22)25-16-8-7-13(19)9-12(16)10-15-17(23)20-21(18(15)24)14-5-3-2-4-6-14/h2-10H,1H3,(H,20,23)/b15-10-. The van der Waals surface area contributed by atoms with E-state index in [2.05, 4.69) is 21.4 Å². The topological polar surface area (TPSA) is 75.7 Å². The van der Waals surface area contributed by atoms with Gasteiger partial charge in [0.25, 0.3) is 11.8 Å². The molecule has 1 aliphatic heterocycles. The minimum absolute atomic E-state index is 0.0460. The molecule has 25 heavy (non-hydrogen) atoms. The van der Waals surface area contributed by atoms with Gasteiger partial charge in [0, 0.05) is 17.0 Å². The Morgan fingerprint density at radius 3 is 2.56 bits per heavy atom. The number of benzene rings is 2. The molecular weight excluding hydrogens is 388 g/mol. The van der Waals surface area contributed by atoms with E-state index in [4.69, 9.17) is 4.74 Å². The molecule has 126 valence electrons. The van der Waals surface area contributed by atoms with E-state index in [-0.39, 0.29) is 11.3 Å². The molecule has 3 rings (SSSR count). The third kappa shape index (κ3) is 3.61. The zero-order valence-corrected chi connectivity index (χ0v) is 14.7. The van der Waals surface area contributed by atoms with Crippen molar-refractivity contribution in [1.29, 1.82) is 0 Å². The van der Waals surface area contributed by atoms with Crippen LogP contribution in [0.3, 0.4) is 0 Å². The highest BCUT2D eigenvalue weighted by molar-refractivity contribution is 9.10. The largest absolute Gasteiger partial charge is 0.426 e. The van der Waals surface area contributed by atoms with Crippen LogP contribution in [0.5, 0.6) is 5.75 Å². The van der Waals surface area contributed by atoms with Gasteiger partial charge in [0.1, 0.15) is 11.3 Å². The predicted molar refractivity (Wildman–Crippen MR) is 95.5 cm³/mol. The number of nitrogens with zero attached hydrogens (tertiary/aromatic N) is 1. The minimum atomic E-state index is -0.525. The first-order valence-corrected chi connectivity index (χ1v) is 8.15. The Morgan fingerprint density at radius 2 is 1.88 bits per heavy atom. The first-order valence-electron chi connectivity index (χ1n) is 7.36. The number of ether oxygens (including phenoxy) is 1. The molecule has 0 unspecified atom stereocenters. The molecule has 0 spiro atoms. The summed E-state index contributed by atoms with van der Waals surface area (Å²) < 4.78 is 5.85. The lowest BCUT2D eigenvalue weighted by atomic mass is 10.1. The third-order valence-corrected chi connectivity index (χ3v) is 3.92. The molecule has 0 saturated carbocycles. The molecule has 1 heterocycles. The first-order chi connectivity index (χ1) is 12.0. The fraction of sp³-hybridized carbons (Fsp3) is 0.0556. The molecule has 6 nitrogen and oxygen atoms in total. The molecule has 0 aromatic heterocycles. The van der Waals surface area contributed by atoms with Crippen LogP contribution in [0.25, 0.3) is 6.08 Å². The van der Waals surface area contributed by atoms with Crippen LogP contribution in [0.15, 0.2) is 58.6 Å². The van der Waals surface area contributed by atoms with Crippen LogP contribution in [-0.4, -0.2) is 17.8 Å². The number of amides is 2. The van der Waals surface area contributed by atoms with Crippen molar-refractivity contribution in [3.63, 3.8) is 0 Å². The lowest BCUT2D eigenvalue weighted by molar-refractivity contribution is -0.132. The van der Waals surface area contributed by atoms with Gasteiger partial charge in [0.05, 0.1) is 5.69 Å². The Kier molecular flexibility index (Phi) is 4.67. The highest BCUT2D eigenvalue weighted by Crippen LogP contribution is 2.28. The fourth-order valence-electron chi connectivity index (χ4n) is 2.35. The second-order valence-corrected chi connectivity index (χ2v) is 6.17. The van der Waals surface area contributed by atoms with Gasteiger partial charge < -0.3 is 4.74 Å². The Morgan fingerprint density at radius 1 is 1.16 bits per heavy atom. The highest BCUT2D eigenvalue weighted by atomic mass is 79.9. The van der Waals surface area contributed by atoms with E-state index >= 15 is 0 Å². The molecular formula is C18H13BrN2O4. The number of hydrogen-bond donors (Lipinski definition) is 1. The second kappa shape index (κ2) is 6.90. The number of carbonyl (C=O) groups excluding carboxylic acids is 3. The van der Waals surface area contributed by atoms with Crippen LogP contribution in [0.1, 0.15) is 12.5 Å². The zero-order chi connectivity index (χ0) is 18.0. The highest BCUT2D eigenvalue weighted by Gasteiger charge is 2.34. The zero-order valence-electron chi connectivity index (χ0n) is 13.2. The lowest BCUT2D eigenvalue weighted by Gasteiger charge is -2.13. The van der Waals surface area contributed by atoms with Gasteiger partial charge >= 0.3 is 5.97 Å². The van der Waals surface area contributed by atoms with Gasteiger partial charge in [-0.15, -0.1) is 0 Å². The summed E-state index contributed by atoms with van der Waals surface area (Å²) >= 11 is 3.33. The molecule has 1 saturated heterocycles. The smallest absolute Gasteiger partial charge is 0.308 e. The van der Waals surface area contributed by atoms with E-state index in [1.807, 2.05) is 6.07 Å².